The Kier molecular flexibility index (Phi) is 6.06. The lowest BCUT2D eigenvalue weighted by atomic mass is 10.1. The predicted molar refractivity (Wildman–Crippen MR) is 83.4 cm³/mol. The summed E-state index contributed by atoms with van der Waals surface area (Å²) >= 11 is 0. The number of aliphatic hydroxyl groups excluding tert-OH is 1. The molecule has 2 N–H and O–H groups in total. The number of urea groups is 1. The van der Waals surface area contributed by atoms with Crippen LogP contribution in [0.4, 0.5) is 16.2 Å². The van der Waals surface area contributed by atoms with E-state index < -0.39 is 0 Å². The molecular weight excluding hydrogens is 254 g/mol. The molecular formula is C15H23N3O2. The van der Waals surface area contributed by atoms with E-state index in [1.165, 1.54) is 4.90 Å². The maximum absolute atomic E-state index is 12.1. The molecule has 0 heterocycles. The maximum Gasteiger partial charge on any atom is 0.322 e. The molecule has 1 aromatic carbocycles. The van der Waals surface area contributed by atoms with E-state index in [4.69, 9.17) is 5.11 Å². The van der Waals surface area contributed by atoms with Crippen LogP contribution < -0.4 is 10.2 Å². The summed E-state index contributed by atoms with van der Waals surface area (Å²) in [5.41, 5.74) is 2.94. The highest BCUT2D eigenvalue weighted by atomic mass is 16.3. The van der Waals surface area contributed by atoms with Crippen LogP contribution in [0.1, 0.15) is 5.56 Å². The van der Waals surface area contributed by atoms with E-state index in [1.54, 1.807) is 6.08 Å². The van der Waals surface area contributed by atoms with Gasteiger partial charge in [-0.15, -0.1) is 6.58 Å². The minimum Gasteiger partial charge on any atom is -0.395 e. The highest BCUT2D eigenvalue weighted by Gasteiger charge is 2.12. The smallest absolute Gasteiger partial charge is 0.322 e. The zero-order valence-electron chi connectivity index (χ0n) is 12.4. The fourth-order valence-electron chi connectivity index (χ4n) is 1.99. The third kappa shape index (κ3) is 4.28. The Hall–Kier alpha value is -2.01. The summed E-state index contributed by atoms with van der Waals surface area (Å²) in [6, 6.07) is 5.52. The average Bonchev–Trinajstić information content (AvgIpc) is 2.38. The van der Waals surface area contributed by atoms with Crippen molar-refractivity contribution < 1.29 is 9.90 Å². The molecule has 0 aliphatic carbocycles. The largest absolute Gasteiger partial charge is 0.395 e. The molecule has 0 saturated heterocycles. The Morgan fingerprint density at radius 3 is 2.65 bits per heavy atom. The van der Waals surface area contributed by atoms with Gasteiger partial charge in [-0.05, 0) is 30.7 Å². The summed E-state index contributed by atoms with van der Waals surface area (Å²) in [4.78, 5) is 15.6. The van der Waals surface area contributed by atoms with Crippen LogP contribution in [0.3, 0.4) is 0 Å². The summed E-state index contributed by atoms with van der Waals surface area (Å²) in [6.45, 7) is 6.23. The highest BCUT2D eigenvalue weighted by Crippen LogP contribution is 2.21. The van der Waals surface area contributed by atoms with Gasteiger partial charge in [-0.3, -0.25) is 0 Å². The number of carbonyl (C=O) groups is 1. The standard InChI is InChI=1S/C15H23N3O2/c1-5-8-18(9-10-19)15(20)16-13-6-7-14(17(3)4)12(2)11-13/h5-7,11,19H,1,8-10H2,2-4H3,(H,16,20). The van der Waals surface area contributed by atoms with Crippen molar-refractivity contribution in [1.82, 2.24) is 4.90 Å². The summed E-state index contributed by atoms with van der Waals surface area (Å²) < 4.78 is 0. The fourth-order valence-corrected chi connectivity index (χ4v) is 1.99. The molecule has 0 aromatic heterocycles. The van der Waals surface area contributed by atoms with Crippen molar-refractivity contribution in [2.45, 2.75) is 6.92 Å². The quantitative estimate of drug-likeness (QED) is 0.783. The molecule has 0 spiro atoms. The number of aryl methyl sites for hydroxylation is 1. The predicted octanol–water partition coefficient (Wildman–Crippen LogP) is 2.07. The zero-order chi connectivity index (χ0) is 15.1. The molecule has 0 fully saturated rings. The van der Waals surface area contributed by atoms with Crippen molar-refractivity contribution in [3.63, 3.8) is 0 Å². The van der Waals surface area contributed by atoms with Gasteiger partial charge in [0.15, 0.2) is 0 Å². The Balaban J connectivity index is 2.79. The summed E-state index contributed by atoms with van der Waals surface area (Å²) in [5, 5.41) is 11.8. The van der Waals surface area contributed by atoms with Crippen LogP contribution in [-0.4, -0.2) is 49.8 Å². The van der Waals surface area contributed by atoms with Crippen LogP contribution in [0.2, 0.25) is 0 Å². The van der Waals surface area contributed by atoms with Crippen LogP contribution >= 0.6 is 0 Å². The van der Waals surface area contributed by atoms with E-state index in [2.05, 4.69) is 11.9 Å². The van der Waals surface area contributed by atoms with E-state index in [1.807, 2.05) is 44.1 Å². The third-order valence-corrected chi connectivity index (χ3v) is 2.94. The molecule has 0 aliphatic rings. The van der Waals surface area contributed by atoms with Crippen molar-refractivity contribution >= 4 is 17.4 Å². The lowest BCUT2D eigenvalue weighted by Gasteiger charge is -2.21. The number of anilines is 2. The lowest BCUT2D eigenvalue weighted by molar-refractivity contribution is 0.195. The summed E-state index contributed by atoms with van der Waals surface area (Å²) in [5.74, 6) is 0. The second-order valence-corrected chi connectivity index (χ2v) is 4.78. The highest BCUT2D eigenvalue weighted by molar-refractivity contribution is 5.89. The van der Waals surface area contributed by atoms with Gasteiger partial charge < -0.3 is 20.2 Å². The number of nitrogens with zero attached hydrogens (tertiary/aromatic N) is 2. The van der Waals surface area contributed by atoms with Gasteiger partial charge in [-0.1, -0.05) is 6.08 Å². The molecule has 0 saturated carbocycles. The van der Waals surface area contributed by atoms with Crippen molar-refractivity contribution in [3.8, 4) is 0 Å². The van der Waals surface area contributed by atoms with Crippen LogP contribution in [-0.2, 0) is 0 Å². The third-order valence-electron chi connectivity index (χ3n) is 2.94. The summed E-state index contributed by atoms with van der Waals surface area (Å²) in [6.07, 6.45) is 1.63. The van der Waals surface area contributed by atoms with Crippen molar-refractivity contribution in [1.29, 1.82) is 0 Å². The number of hydrogen-bond acceptors (Lipinski definition) is 3. The fraction of sp³-hybridized carbons (Fsp3) is 0.400. The van der Waals surface area contributed by atoms with E-state index >= 15 is 0 Å². The van der Waals surface area contributed by atoms with Gasteiger partial charge in [0.2, 0.25) is 0 Å². The Morgan fingerprint density at radius 2 is 2.15 bits per heavy atom. The van der Waals surface area contributed by atoms with Gasteiger partial charge in [-0.25, -0.2) is 4.79 Å². The second-order valence-electron chi connectivity index (χ2n) is 4.78. The van der Waals surface area contributed by atoms with E-state index in [0.717, 1.165) is 16.9 Å². The van der Waals surface area contributed by atoms with E-state index in [0.29, 0.717) is 6.54 Å². The molecule has 0 bridgehead atoms. The molecule has 0 atom stereocenters. The van der Waals surface area contributed by atoms with Crippen LogP contribution in [0.25, 0.3) is 0 Å². The average molecular weight is 277 g/mol. The number of rotatable bonds is 6. The van der Waals surface area contributed by atoms with Gasteiger partial charge in [-0.2, -0.15) is 0 Å². The molecule has 110 valence electrons. The normalized spacial score (nSPS) is 10.0. The minimum absolute atomic E-state index is 0.0696. The molecule has 1 aromatic rings. The molecule has 5 nitrogen and oxygen atoms in total. The van der Waals surface area contributed by atoms with Crippen molar-refractivity contribution in [2.75, 3.05) is 44.0 Å². The monoisotopic (exact) mass is 277 g/mol. The topological polar surface area (TPSA) is 55.8 Å². The number of nitrogens with one attached hydrogen (secondary N) is 1. The number of benzene rings is 1. The van der Waals surface area contributed by atoms with Gasteiger partial charge in [0.1, 0.15) is 0 Å². The first-order chi connectivity index (χ1) is 9.49. The molecule has 1 rings (SSSR count). The number of hydrogen-bond donors (Lipinski definition) is 2. The van der Waals surface area contributed by atoms with Crippen LogP contribution in [0.5, 0.6) is 0 Å². The first kappa shape index (κ1) is 16.0. The van der Waals surface area contributed by atoms with E-state index in [9.17, 15) is 4.79 Å². The van der Waals surface area contributed by atoms with Gasteiger partial charge in [0.05, 0.1) is 6.61 Å². The van der Waals surface area contributed by atoms with Crippen molar-refractivity contribution in [3.05, 3.63) is 36.4 Å². The molecule has 0 aliphatic heterocycles. The van der Waals surface area contributed by atoms with Gasteiger partial charge >= 0.3 is 6.03 Å². The number of aliphatic hydroxyl groups is 1. The molecule has 0 radical (unpaired) electrons. The second kappa shape index (κ2) is 7.55. The van der Waals surface area contributed by atoms with Gasteiger partial charge in [0, 0.05) is 38.6 Å². The van der Waals surface area contributed by atoms with Crippen LogP contribution in [0, 0.1) is 6.92 Å². The first-order valence-electron chi connectivity index (χ1n) is 6.55. The Morgan fingerprint density at radius 1 is 1.45 bits per heavy atom. The number of amides is 2. The molecule has 0 unspecified atom stereocenters. The minimum atomic E-state index is -0.240. The van der Waals surface area contributed by atoms with Gasteiger partial charge in [0.25, 0.3) is 0 Å². The summed E-state index contributed by atoms with van der Waals surface area (Å²) in [7, 11) is 3.96. The van der Waals surface area contributed by atoms with E-state index in [-0.39, 0.29) is 19.2 Å². The molecule has 5 heteroatoms. The Labute approximate surface area is 120 Å². The zero-order valence-corrected chi connectivity index (χ0v) is 12.4. The van der Waals surface area contributed by atoms with Crippen LogP contribution in [0.15, 0.2) is 30.9 Å². The SMILES string of the molecule is C=CCN(CCO)C(=O)Nc1ccc(N(C)C)c(C)c1. The maximum atomic E-state index is 12.1. The number of carbonyl (C=O) groups excluding carboxylic acids is 1. The molecule has 2 amide bonds. The Bertz CT molecular complexity index is 472. The first-order valence-corrected chi connectivity index (χ1v) is 6.55. The van der Waals surface area contributed by atoms with Crippen molar-refractivity contribution in [2.24, 2.45) is 0 Å². The lowest BCUT2D eigenvalue weighted by Crippen LogP contribution is -2.37. The molecule has 20 heavy (non-hydrogen) atoms.